The molecular formula is C19H25FN6O2. The van der Waals surface area contributed by atoms with Crippen LogP contribution in [-0.2, 0) is 0 Å². The smallest absolute Gasteiger partial charge is 0.213 e. The third-order valence-corrected chi connectivity index (χ3v) is 4.96. The topological polar surface area (TPSA) is 100 Å². The maximum absolute atomic E-state index is 14.9. The van der Waals surface area contributed by atoms with E-state index in [1.807, 2.05) is 18.7 Å². The Morgan fingerprint density at radius 2 is 2.04 bits per heavy atom. The average molecular weight is 388 g/mol. The number of pyridine rings is 1. The van der Waals surface area contributed by atoms with Crippen molar-refractivity contribution in [2.45, 2.75) is 39.5 Å². The molecular weight excluding hydrogens is 363 g/mol. The van der Waals surface area contributed by atoms with Crippen molar-refractivity contribution in [3.63, 3.8) is 0 Å². The minimum Gasteiger partial charge on any atom is -0.486 e. The fourth-order valence-electron chi connectivity index (χ4n) is 3.21. The molecule has 8 nitrogen and oxygen atoms in total. The van der Waals surface area contributed by atoms with Crippen LogP contribution in [0.2, 0.25) is 0 Å². The number of hydrogen-bond donors (Lipinski definition) is 2. The van der Waals surface area contributed by atoms with E-state index in [0.717, 1.165) is 11.1 Å². The van der Waals surface area contributed by atoms with Crippen LogP contribution < -0.4 is 19.9 Å². The van der Waals surface area contributed by atoms with Gasteiger partial charge in [-0.15, -0.1) is 5.10 Å². The third-order valence-electron chi connectivity index (χ3n) is 4.96. The second-order valence-electron chi connectivity index (χ2n) is 6.86. The second-order valence-corrected chi connectivity index (χ2v) is 6.86. The van der Waals surface area contributed by atoms with Crippen molar-refractivity contribution in [2.75, 3.05) is 25.1 Å². The lowest BCUT2D eigenvalue weighted by Gasteiger charge is -2.36. The molecule has 1 saturated heterocycles. The van der Waals surface area contributed by atoms with E-state index in [2.05, 4.69) is 10.1 Å². The quantitative estimate of drug-likeness (QED) is 0.618. The number of alkyl halides is 1. The number of methoxy groups -OCH3 is 1. The zero-order chi connectivity index (χ0) is 20.4. The number of aromatic nitrogens is 3. The van der Waals surface area contributed by atoms with Crippen molar-refractivity contribution in [3.8, 4) is 11.6 Å². The van der Waals surface area contributed by atoms with E-state index >= 15 is 0 Å². The van der Waals surface area contributed by atoms with Gasteiger partial charge in [-0.3, -0.25) is 10.8 Å². The summed E-state index contributed by atoms with van der Waals surface area (Å²) in [6.07, 6.45) is 0.234. The van der Waals surface area contributed by atoms with E-state index in [1.54, 1.807) is 19.1 Å². The number of anilines is 1. The van der Waals surface area contributed by atoms with E-state index in [0.29, 0.717) is 30.4 Å². The Morgan fingerprint density at radius 3 is 2.61 bits per heavy atom. The SMILES string of the molecule is COc1ccc(OC2CCN(c3nn(C(C)=N)c(=N)c(C)c3C)CC2F)cn1. The Kier molecular flexibility index (Phi) is 5.62. The van der Waals surface area contributed by atoms with Gasteiger partial charge in [0.15, 0.2) is 17.5 Å². The van der Waals surface area contributed by atoms with Crippen molar-refractivity contribution in [3.05, 3.63) is 34.9 Å². The van der Waals surface area contributed by atoms with Gasteiger partial charge in [-0.25, -0.2) is 14.1 Å². The normalized spacial score (nSPS) is 19.4. The molecule has 0 saturated carbocycles. The fraction of sp³-hybridized carbons (Fsp3) is 0.474. The van der Waals surface area contributed by atoms with Crippen LogP contribution in [0.1, 0.15) is 24.5 Å². The lowest BCUT2D eigenvalue weighted by atomic mass is 10.0. The standard InChI is InChI=1S/C19H25FN6O2/c1-11-12(2)19(24-26(13(3)21)18(11)22)25-8-7-16(15(20)10-25)28-14-5-6-17(27-4)23-9-14/h5-6,9,15-16,21-22H,7-8,10H2,1-4H3. The Labute approximate surface area is 162 Å². The predicted octanol–water partition coefficient (Wildman–Crippen LogP) is 2.22. The minimum absolute atomic E-state index is 0.135. The molecule has 3 heterocycles. The molecule has 0 spiro atoms. The molecule has 0 amide bonds. The first kappa shape index (κ1) is 19.8. The zero-order valence-electron chi connectivity index (χ0n) is 16.5. The number of rotatable bonds is 4. The monoisotopic (exact) mass is 388 g/mol. The van der Waals surface area contributed by atoms with Crippen LogP contribution in [0.4, 0.5) is 10.2 Å². The molecule has 0 aromatic carbocycles. The molecule has 0 bridgehead atoms. The van der Waals surface area contributed by atoms with Gasteiger partial charge in [0, 0.05) is 24.6 Å². The number of hydrogen-bond acceptors (Lipinski definition) is 7. The number of piperidine rings is 1. The van der Waals surface area contributed by atoms with Crippen LogP contribution >= 0.6 is 0 Å². The number of nitrogens with zero attached hydrogens (tertiary/aromatic N) is 4. The Balaban J connectivity index is 1.76. The highest BCUT2D eigenvalue weighted by atomic mass is 19.1. The first-order valence-corrected chi connectivity index (χ1v) is 9.08. The van der Waals surface area contributed by atoms with Crippen LogP contribution in [0.15, 0.2) is 18.3 Å². The van der Waals surface area contributed by atoms with E-state index in [9.17, 15) is 4.39 Å². The van der Waals surface area contributed by atoms with Gasteiger partial charge >= 0.3 is 0 Å². The molecule has 0 aliphatic carbocycles. The highest BCUT2D eigenvalue weighted by Crippen LogP contribution is 2.26. The Morgan fingerprint density at radius 1 is 1.29 bits per heavy atom. The highest BCUT2D eigenvalue weighted by molar-refractivity contribution is 5.78. The molecule has 1 fully saturated rings. The van der Waals surface area contributed by atoms with Crippen molar-refractivity contribution >= 4 is 11.7 Å². The molecule has 2 aromatic heterocycles. The van der Waals surface area contributed by atoms with E-state index in [-0.39, 0.29) is 17.9 Å². The summed E-state index contributed by atoms with van der Waals surface area (Å²) >= 11 is 0. The lowest BCUT2D eigenvalue weighted by molar-refractivity contribution is 0.0813. The second kappa shape index (κ2) is 7.95. The van der Waals surface area contributed by atoms with Crippen molar-refractivity contribution in [1.29, 1.82) is 10.8 Å². The fourth-order valence-corrected chi connectivity index (χ4v) is 3.21. The van der Waals surface area contributed by atoms with Gasteiger partial charge in [-0.2, -0.15) is 0 Å². The van der Waals surface area contributed by atoms with Crippen molar-refractivity contribution < 1.29 is 13.9 Å². The van der Waals surface area contributed by atoms with Crippen molar-refractivity contribution in [1.82, 2.24) is 14.8 Å². The summed E-state index contributed by atoms with van der Waals surface area (Å²) in [5.74, 6) is 1.73. The predicted molar refractivity (Wildman–Crippen MR) is 103 cm³/mol. The van der Waals surface area contributed by atoms with Gasteiger partial charge in [0.2, 0.25) is 5.88 Å². The van der Waals surface area contributed by atoms with E-state index in [1.165, 1.54) is 18.0 Å². The molecule has 2 atom stereocenters. The summed E-state index contributed by atoms with van der Waals surface area (Å²) in [6, 6.07) is 3.39. The van der Waals surface area contributed by atoms with Crippen LogP contribution in [0, 0.1) is 24.7 Å². The van der Waals surface area contributed by atoms with E-state index in [4.69, 9.17) is 20.3 Å². The van der Waals surface area contributed by atoms with E-state index < -0.39 is 12.3 Å². The van der Waals surface area contributed by atoms with Gasteiger partial charge in [0.1, 0.15) is 17.7 Å². The largest absolute Gasteiger partial charge is 0.486 e. The summed E-state index contributed by atoms with van der Waals surface area (Å²) in [4.78, 5) is 5.93. The molecule has 28 heavy (non-hydrogen) atoms. The van der Waals surface area contributed by atoms with Gasteiger partial charge in [-0.05, 0) is 32.4 Å². The lowest BCUT2D eigenvalue weighted by Crippen LogP contribution is -2.48. The van der Waals surface area contributed by atoms with Crippen LogP contribution in [0.25, 0.3) is 0 Å². The number of halogens is 1. The van der Waals surface area contributed by atoms with Crippen LogP contribution in [0.5, 0.6) is 11.6 Å². The maximum Gasteiger partial charge on any atom is 0.213 e. The Hall–Kier alpha value is -2.97. The first-order valence-electron chi connectivity index (χ1n) is 9.08. The molecule has 2 N–H and O–H groups in total. The van der Waals surface area contributed by atoms with Gasteiger partial charge in [0.05, 0.1) is 19.9 Å². The number of ether oxygens (including phenoxy) is 2. The summed E-state index contributed by atoms with van der Waals surface area (Å²) in [5, 5.41) is 20.4. The van der Waals surface area contributed by atoms with Crippen LogP contribution in [-0.4, -0.2) is 53.1 Å². The number of nitrogens with one attached hydrogen (secondary N) is 2. The molecule has 1 aliphatic heterocycles. The summed E-state index contributed by atoms with van der Waals surface area (Å²) in [7, 11) is 1.53. The molecule has 1 aliphatic rings. The summed E-state index contributed by atoms with van der Waals surface area (Å²) < 4.78 is 26.9. The third kappa shape index (κ3) is 3.83. The molecule has 150 valence electrons. The molecule has 0 radical (unpaired) electrons. The molecule has 3 rings (SSSR count). The summed E-state index contributed by atoms with van der Waals surface area (Å²) in [6.45, 7) is 5.97. The highest BCUT2D eigenvalue weighted by Gasteiger charge is 2.32. The summed E-state index contributed by atoms with van der Waals surface area (Å²) in [5.41, 5.74) is 1.74. The maximum atomic E-state index is 14.9. The van der Waals surface area contributed by atoms with Gasteiger partial charge in [0.25, 0.3) is 0 Å². The Bertz CT molecular complexity index is 927. The average Bonchev–Trinajstić information content (AvgIpc) is 2.68. The van der Waals surface area contributed by atoms with Gasteiger partial charge in [-0.1, -0.05) is 0 Å². The van der Waals surface area contributed by atoms with Gasteiger partial charge < -0.3 is 14.4 Å². The van der Waals surface area contributed by atoms with Crippen molar-refractivity contribution in [2.24, 2.45) is 0 Å². The molecule has 2 aromatic rings. The van der Waals surface area contributed by atoms with Crippen LogP contribution in [0.3, 0.4) is 0 Å². The molecule has 9 heteroatoms. The molecule has 2 unspecified atom stereocenters. The first-order chi connectivity index (χ1) is 13.3. The zero-order valence-corrected chi connectivity index (χ0v) is 16.5. The minimum atomic E-state index is -1.21.